The van der Waals surface area contributed by atoms with Gasteiger partial charge in [0.15, 0.2) is 0 Å². The lowest BCUT2D eigenvalue weighted by atomic mass is 9.98. The highest BCUT2D eigenvalue weighted by molar-refractivity contribution is 5.37. The number of halogens is 3. The number of alkyl halides is 3. The number of hydrogen-bond donors (Lipinski definition) is 1. The SMILES string of the molecule is OCC1CCN(CC#Cc2ccc(C(F)(F)F)cc2)CC1. The summed E-state index contributed by atoms with van der Waals surface area (Å²) in [6.45, 7) is 2.67. The third-order valence-electron chi connectivity index (χ3n) is 3.71. The van der Waals surface area contributed by atoms with Gasteiger partial charge in [-0.15, -0.1) is 0 Å². The molecule has 1 aromatic rings. The van der Waals surface area contributed by atoms with Gasteiger partial charge in [-0.3, -0.25) is 4.90 Å². The van der Waals surface area contributed by atoms with Gasteiger partial charge in [-0.1, -0.05) is 11.8 Å². The monoisotopic (exact) mass is 297 g/mol. The van der Waals surface area contributed by atoms with Crippen LogP contribution in [-0.4, -0.2) is 36.2 Å². The van der Waals surface area contributed by atoms with Crippen LogP contribution in [0.1, 0.15) is 24.0 Å². The van der Waals surface area contributed by atoms with E-state index in [0.29, 0.717) is 18.0 Å². The molecule has 2 nitrogen and oxygen atoms in total. The molecule has 0 unspecified atom stereocenters. The molecule has 1 N–H and O–H groups in total. The largest absolute Gasteiger partial charge is 0.416 e. The fraction of sp³-hybridized carbons (Fsp3) is 0.500. The molecule has 0 spiro atoms. The molecule has 1 aliphatic rings. The van der Waals surface area contributed by atoms with Crippen LogP contribution in [0.5, 0.6) is 0 Å². The zero-order valence-corrected chi connectivity index (χ0v) is 11.7. The molecule has 5 heteroatoms. The predicted molar refractivity (Wildman–Crippen MR) is 74.6 cm³/mol. The first-order valence-corrected chi connectivity index (χ1v) is 6.98. The Kier molecular flexibility index (Phi) is 5.27. The van der Waals surface area contributed by atoms with Gasteiger partial charge in [-0.25, -0.2) is 0 Å². The molecule has 1 aliphatic heterocycles. The van der Waals surface area contributed by atoms with Crippen LogP contribution >= 0.6 is 0 Å². The van der Waals surface area contributed by atoms with Crippen LogP contribution in [0.2, 0.25) is 0 Å². The molecular formula is C16H18F3NO. The second-order valence-electron chi connectivity index (χ2n) is 5.28. The Morgan fingerprint density at radius 1 is 1.14 bits per heavy atom. The second-order valence-corrected chi connectivity index (χ2v) is 5.28. The van der Waals surface area contributed by atoms with Crippen molar-refractivity contribution in [2.75, 3.05) is 26.2 Å². The van der Waals surface area contributed by atoms with Crippen molar-refractivity contribution in [3.8, 4) is 11.8 Å². The van der Waals surface area contributed by atoms with E-state index in [9.17, 15) is 13.2 Å². The topological polar surface area (TPSA) is 23.5 Å². The fourth-order valence-electron chi connectivity index (χ4n) is 2.32. The summed E-state index contributed by atoms with van der Waals surface area (Å²) in [6, 6.07) is 4.90. The minimum Gasteiger partial charge on any atom is -0.396 e. The smallest absolute Gasteiger partial charge is 0.396 e. The van der Waals surface area contributed by atoms with E-state index in [2.05, 4.69) is 16.7 Å². The molecule has 0 amide bonds. The van der Waals surface area contributed by atoms with Crippen molar-refractivity contribution in [2.45, 2.75) is 19.0 Å². The van der Waals surface area contributed by atoms with E-state index >= 15 is 0 Å². The van der Waals surface area contributed by atoms with E-state index in [4.69, 9.17) is 5.11 Å². The summed E-state index contributed by atoms with van der Waals surface area (Å²) in [7, 11) is 0. The number of rotatable bonds is 2. The van der Waals surface area contributed by atoms with Gasteiger partial charge in [-0.05, 0) is 56.1 Å². The van der Waals surface area contributed by atoms with Gasteiger partial charge in [0.05, 0.1) is 12.1 Å². The van der Waals surface area contributed by atoms with Crippen molar-refractivity contribution in [3.63, 3.8) is 0 Å². The molecule has 1 aromatic carbocycles. The number of hydrogen-bond acceptors (Lipinski definition) is 2. The number of nitrogens with zero attached hydrogens (tertiary/aromatic N) is 1. The third-order valence-corrected chi connectivity index (χ3v) is 3.71. The molecule has 0 aromatic heterocycles. The summed E-state index contributed by atoms with van der Waals surface area (Å²) in [5.74, 6) is 6.27. The van der Waals surface area contributed by atoms with E-state index < -0.39 is 11.7 Å². The maximum atomic E-state index is 12.4. The molecule has 0 atom stereocenters. The summed E-state index contributed by atoms with van der Waals surface area (Å²) >= 11 is 0. The number of likely N-dealkylation sites (tertiary alicyclic amines) is 1. The highest BCUT2D eigenvalue weighted by Crippen LogP contribution is 2.28. The van der Waals surface area contributed by atoms with E-state index in [1.165, 1.54) is 12.1 Å². The first-order chi connectivity index (χ1) is 9.99. The summed E-state index contributed by atoms with van der Waals surface area (Å²) in [4.78, 5) is 2.20. The molecule has 0 radical (unpaired) electrons. The van der Waals surface area contributed by atoms with Crippen LogP contribution in [0.4, 0.5) is 13.2 Å². The lowest BCUT2D eigenvalue weighted by molar-refractivity contribution is -0.137. The number of piperidine rings is 1. The minimum absolute atomic E-state index is 0.241. The highest BCUT2D eigenvalue weighted by atomic mass is 19.4. The maximum Gasteiger partial charge on any atom is 0.416 e. The molecular weight excluding hydrogens is 279 g/mol. The van der Waals surface area contributed by atoms with Gasteiger partial charge in [0, 0.05) is 12.2 Å². The zero-order chi connectivity index (χ0) is 15.3. The Labute approximate surface area is 122 Å². The van der Waals surface area contributed by atoms with Gasteiger partial charge in [-0.2, -0.15) is 13.2 Å². The lowest BCUT2D eigenvalue weighted by Gasteiger charge is -2.29. The summed E-state index contributed by atoms with van der Waals surface area (Å²) in [6.07, 6.45) is -2.36. The van der Waals surface area contributed by atoms with Crippen molar-refractivity contribution in [3.05, 3.63) is 35.4 Å². The predicted octanol–water partition coefficient (Wildman–Crippen LogP) is 2.76. The third kappa shape index (κ3) is 4.76. The minimum atomic E-state index is -4.30. The molecule has 1 fully saturated rings. The van der Waals surface area contributed by atoms with Crippen molar-refractivity contribution < 1.29 is 18.3 Å². The Morgan fingerprint density at radius 2 is 1.76 bits per heavy atom. The maximum absolute atomic E-state index is 12.4. The zero-order valence-electron chi connectivity index (χ0n) is 11.7. The van der Waals surface area contributed by atoms with E-state index in [-0.39, 0.29) is 6.61 Å². The van der Waals surface area contributed by atoms with E-state index in [1.807, 2.05) is 0 Å². The molecule has 2 rings (SSSR count). The fourth-order valence-corrected chi connectivity index (χ4v) is 2.32. The lowest BCUT2D eigenvalue weighted by Crippen LogP contribution is -2.34. The summed E-state index contributed by atoms with van der Waals surface area (Å²) in [5.41, 5.74) is -0.0626. The van der Waals surface area contributed by atoms with Crippen molar-refractivity contribution in [1.82, 2.24) is 4.90 Å². The summed E-state index contributed by atoms with van der Waals surface area (Å²) in [5, 5.41) is 9.06. The average molecular weight is 297 g/mol. The second kappa shape index (κ2) is 6.97. The van der Waals surface area contributed by atoms with Crippen LogP contribution in [0.25, 0.3) is 0 Å². The van der Waals surface area contributed by atoms with Crippen molar-refractivity contribution >= 4 is 0 Å². The molecule has 0 bridgehead atoms. The molecule has 0 aliphatic carbocycles. The molecule has 21 heavy (non-hydrogen) atoms. The number of aliphatic hydroxyl groups excluding tert-OH is 1. The van der Waals surface area contributed by atoms with Gasteiger partial charge >= 0.3 is 6.18 Å². The Hall–Kier alpha value is -1.51. The van der Waals surface area contributed by atoms with Crippen LogP contribution in [0, 0.1) is 17.8 Å². The first kappa shape index (κ1) is 15.9. The Balaban J connectivity index is 1.86. The molecule has 1 saturated heterocycles. The molecule has 114 valence electrons. The summed E-state index contributed by atoms with van der Waals surface area (Å²) < 4.78 is 37.2. The quantitative estimate of drug-likeness (QED) is 0.849. The van der Waals surface area contributed by atoms with Gasteiger partial charge < -0.3 is 5.11 Å². The van der Waals surface area contributed by atoms with Crippen LogP contribution < -0.4 is 0 Å². The normalized spacial score (nSPS) is 17.3. The Morgan fingerprint density at radius 3 is 2.29 bits per heavy atom. The molecule has 1 heterocycles. The van der Waals surface area contributed by atoms with Gasteiger partial charge in [0.25, 0.3) is 0 Å². The highest BCUT2D eigenvalue weighted by Gasteiger charge is 2.29. The van der Waals surface area contributed by atoms with Crippen LogP contribution in [-0.2, 0) is 6.18 Å². The van der Waals surface area contributed by atoms with E-state index in [1.54, 1.807) is 0 Å². The van der Waals surface area contributed by atoms with Crippen LogP contribution in [0.3, 0.4) is 0 Å². The standard InChI is InChI=1S/C16H18F3NO/c17-16(18,19)15-5-3-13(4-6-15)2-1-9-20-10-7-14(12-21)8-11-20/h3-6,14,21H,7-12H2. The first-order valence-electron chi connectivity index (χ1n) is 6.98. The van der Waals surface area contributed by atoms with Gasteiger partial charge in [0.2, 0.25) is 0 Å². The van der Waals surface area contributed by atoms with E-state index in [0.717, 1.165) is 38.1 Å². The van der Waals surface area contributed by atoms with Gasteiger partial charge in [0.1, 0.15) is 0 Å². The Bertz CT molecular complexity index is 505. The average Bonchev–Trinajstić information content (AvgIpc) is 2.47. The number of benzene rings is 1. The molecule has 0 saturated carbocycles. The van der Waals surface area contributed by atoms with Crippen LogP contribution in [0.15, 0.2) is 24.3 Å². The van der Waals surface area contributed by atoms with Crippen molar-refractivity contribution in [1.29, 1.82) is 0 Å². The number of aliphatic hydroxyl groups is 1. The van der Waals surface area contributed by atoms with Crippen molar-refractivity contribution in [2.24, 2.45) is 5.92 Å².